The van der Waals surface area contributed by atoms with Crippen molar-refractivity contribution in [2.45, 2.75) is 59.0 Å². The molecule has 0 aromatic heterocycles. The van der Waals surface area contributed by atoms with Crippen LogP contribution in [0.5, 0.6) is 11.5 Å². The molecule has 6 nitrogen and oxygen atoms in total. The second-order valence-electron chi connectivity index (χ2n) is 8.25. The minimum absolute atomic E-state index is 0.0405. The fraction of sp³-hybridized carbons (Fsp3) is 0.462. The number of carbonyl (C=O) groups excluding carboxylic acids is 2. The molecule has 0 saturated carbocycles. The lowest BCUT2D eigenvalue weighted by Crippen LogP contribution is -2.48. The molecule has 172 valence electrons. The van der Waals surface area contributed by atoms with Crippen LogP contribution in [-0.2, 0) is 22.6 Å². The number of nitrogens with zero attached hydrogens (tertiary/aromatic N) is 1. The van der Waals surface area contributed by atoms with Crippen LogP contribution in [0.4, 0.5) is 0 Å². The molecule has 0 fully saturated rings. The second kappa shape index (κ2) is 11.6. The van der Waals surface area contributed by atoms with Crippen LogP contribution in [0.1, 0.15) is 49.8 Å². The number of hydrogen-bond donors (Lipinski definition) is 1. The van der Waals surface area contributed by atoms with Crippen LogP contribution in [-0.4, -0.2) is 42.5 Å². The van der Waals surface area contributed by atoms with Crippen LogP contribution >= 0.6 is 0 Å². The van der Waals surface area contributed by atoms with Crippen molar-refractivity contribution in [3.8, 4) is 11.5 Å². The van der Waals surface area contributed by atoms with Gasteiger partial charge in [0, 0.05) is 19.5 Å². The summed E-state index contributed by atoms with van der Waals surface area (Å²) in [6.45, 7) is 8.04. The van der Waals surface area contributed by atoms with Gasteiger partial charge in [0.2, 0.25) is 11.8 Å². The lowest BCUT2D eigenvalue weighted by atomic mass is 10.0. The van der Waals surface area contributed by atoms with Crippen LogP contribution in [0, 0.1) is 6.92 Å². The lowest BCUT2D eigenvalue weighted by Gasteiger charge is -2.29. The van der Waals surface area contributed by atoms with E-state index in [1.54, 1.807) is 4.90 Å². The molecule has 32 heavy (non-hydrogen) atoms. The van der Waals surface area contributed by atoms with Crippen molar-refractivity contribution >= 4 is 11.8 Å². The number of aryl methyl sites for hydroxylation is 2. The van der Waals surface area contributed by atoms with E-state index in [1.165, 1.54) is 0 Å². The average Bonchev–Trinajstić information content (AvgIpc) is 2.81. The molecule has 0 bridgehead atoms. The van der Waals surface area contributed by atoms with Gasteiger partial charge in [-0.3, -0.25) is 9.59 Å². The molecule has 1 heterocycles. The van der Waals surface area contributed by atoms with Crippen LogP contribution in [0.2, 0.25) is 0 Å². The summed E-state index contributed by atoms with van der Waals surface area (Å²) in [5, 5.41) is 2.96. The molecule has 6 heteroatoms. The Bertz CT molecular complexity index is 928. The maximum absolute atomic E-state index is 13.3. The first-order chi connectivity index (χ1) is 15.5. The first kappa shape index (κ1) is 23.6. The van der Waals surface area contributed by atoms with Crippen LogP contribution in [0.25, 0.3) is 0 Å². The Kier molecular flexibility index (Phi) is 8.54. The number of hydrogen-bond acceptors (Lipinski definition) is 4. The highest BCUT2D eigenvalue weighted by Gasteiger charge is 2.26. The summed E-state index contributed by atoms with van der Waals surface area (Å²) < 4.78 is 11.2. The highest BCUT2D eigenvalue weighted by molar-refractivity contribution is 5.87. The zero-order valence-corrected chi connectivity index (χ0v) is 19.4. The van der Waals surface area contributed by atoms with Gasteiger partial charge in [-0.1, -0.05) is 43.7 Å². The average molecular weight is 439 g/mol. The molecule has 0 aliphatic carbocycles. The fourth-order valence-corrected chi connectivity index (χ4v) is 3.73. The molecule has 1 N–H and O–H groups in total. The zero-order valence-electron chi connectivity index (χ0n) is 19.4. The van der Waals surface area contributed by atoms with Gasteiger partial charge >= 0.3 is 0 Å². The molecule has 2 aromatic carbocycles. The van der Waals surface area contributed by atoms with E-state index in [2.05, 4.69) is 12.2 Å². The van der Waals surface area contributed by atoms with Gasteiger partial charge in [-0.05, 0) is 55.5 Å². The first-order valence-corrected chi connectivity index (χ1v) is 11.5. The summed E-state index contributed by atoms with van der Waals surface area (Å²) in [5.41, 5.74) is 3.17. The molecule has 1 aliphatic heterocycles. The number of amides is 2. The minimum atomic E-state index is -0.542. The number of ether oxygens (including phenoxy) is 2. The van der Waals surface area contributed by atoms with Crippen molar-refractivity contribution in [2.75, 3.05) is 19.8 Å². The predicted octanol–water partition coefficient (Wildman–Crippen LogP) is 4.03. The maximum atomic E-state index is 13.3. The predicted molar refractivity (Wildman–Crippen MR) is 125 cm³/mol. The molecule has 0 unspecified atom stereocenters. The quantitative estimate of drug-likeness (QED) is 0.569. The smallest absolute Gasteiger partial charge is 0.242 e. The Morgan fingerprint density at radius 2 is 1.84 bits per heavy atom. The Labute approximate surface area is 190 Å². The van der Waals surface area contributed by atoms with Gasteiger partial charge in [-0.15, -0.1) is 0 Å². The Morgan fingerprint density at radius 1 is 1.09 bits per heavy atom. The zero-order chi connectivity index (χ0) is 22.9. The van der Waals surface area contributed by atoms with E-state index in [0.717, 1.165) is 41.0 Å². The van der Waals surface area contributed by atoms with Gasteiger partial charge in [-0.2, -0.15) is 0 Å². The summed E-state index contributed by atoms with van der Waals surface area (Å²) in [6.07, 6.45) is 2.83. The van der Waals surface area contributed by atoms with Crippen LogP contribution in [0.15, 0.2) is 42.5 Å². The molecule has 1 atom stereocenters. The van der Waals surface area contributed by atoms with Gasteiger partial charge in [-0.25, -0.2) is 0 Å². The van der Waals surface area contributed by atoms with Crippen molar-refractivity contribution in [3.05, 3.63) is 59.2 Å². The fourth-order valence-electron chi connectivity index (χ4n) is 3.73. The monoisotopic (exact) mass is 438 g/mol. The van der Waals surface area contributed by atoms with Crippen molar-refractivity contribution in [1.29, 1.82) is 0 Å². The van der Waals surface area contributed by atoms with Crippen molar-refractivity contribution < 1.29 is 19.1 Å². The highest BCUT2D eigenvalue weighted by Crippen LogP contribution is 2.31. The third kappa shape index (κ3) is 6.25. The number of benzene rings is 2. The number of rotatable bonds is 10. The van der Waals surface area contributed by atoms with Gasteiger partial charge in [0.1, 0.15) is 19.3 Å². The van der Waals surface area contributed by atoms with Crippen molar-refractivity contribution in [2.24, 2.45) is 0 Å². The summed E-state index contributed by atoms with van der Waals surface area (Å²) in [7, 11) is 0. The summed E-state index contributed by atoms with van der Waals surface area (Å²) in [6, 6.07) is 13.2. The largest absolute Gasteiger partial charge is 0.486 e. The van der Waals surface area contributed by atoms with Crippen molar-refractivity contribution in [1.82, 2.24) is 10.2 Å². The lowest BCUT2D eigenvalue weighted by molar-refractivity contribution is -0.140. The van der Waals surface area contributed by atoms with Gasteiger partial charge in [0.05, 0.1) is 0 Å². The molecule has 0 spiro atoms. The molecular weight excluding hydrogens is 404 g/mol. The number of carbonyl (C=O) groups is 2. The van der Waals surface area contributed by atoms with Crippen molar-refractivity contribution in [3.63, 3.8) is 0 Å². The first-order valence-electron chi connectivity index (χ1n) is 11.5. The van der Waals surface area contributed by atoms with E-state index in [1.807, 2.05) is 56.3 Å². The SMILES string of the molecule is CCCCNC(=O)[C@@H](C)N(Cc1ccccc1C)C(=O)CCc1ccc2c(c1)OCCO2. The topological polar surface area (TPSA) is 67.9 Å². The van der Waals surface area contributed by atoms with Gasteiger partial charge in [0.25, 0.3) is 0 Å². The minimum Gasteiger partial charge on any atom is -0.486 e. The second-order valence-corrected chi connectivity index (χ2v) is 8.25. The molecular formula is C26H34N2O4. The Hall–Kier alpha value is -3.02. The Morgan fingerprint density at radius 3 is 2.59 bits per heavy atom. The molecule has 0 saturated heterocycles. The Balaban J connectivity index is 1.70. The van der Waals surface area contributed by atoms with Crippen LogP contribution < -0.4 is 14.8 Å². The van der Waals surface area contributed by atoms with E-state index in [-0.39, 0.29) is 11.8 Å². The third-order valence-corrected chi connectivity index (χ3v) is 5.83. The van der Waals surface area contributed by atoms with E-state index < -0.39 is 6.04 Å². The molecule has 1 aliphatic rings. The number of fused-ring (bicyclic) bond motifs is 1. The standard InChI is InChI=1S/C26H34N2O4/c1-4-5-14-27-26(30)20(3)28(18-22-9-7-6-8-19(22)2)25(29)13-11-21-10-12-23-24(17-21)32-16-15-31-23/h6-10,12,17,20H,4-5,11,13-16,18H2,1-3H3,(H,27,30)/t20-/m1/s1. The maximum Gasteiger partial charge on any atom is 0.242 e. The van der Waals surface area contributed by atoms with E-state index in [9.17, 15) is 9.59 Å². The van der Waals surface area contributed by atoms with E-state index in [4.69, 9.17) is 9.47 Å². The molecule has 3 rings (SSSR count). The summed E-state index contributed by atoms with van der Waals surface area (Å²) in [5.74, 6) is 1.31. The van der Waals surface area contributed by atoms with Gasteiger partial charge in [0.15, 0.2) is 11.5 Å². The van der Waals surface area contributed by atoms with Gasteiger partial charge < -0.3 is 19.7 Å². The van der Waals surface area contributed by atoms with E-state index in [0.29, 0.717) is 39.1 Å². The summed E-state index contributed by atoms with van der Waals surface area (Å²) >= 11 is 0. The van der Waals surface area contributed by atoms with E-state index >= 15 is 0 Å². The molecule has 0 radical (unpaired) electrons. The number of unbranched alkanes of at least 4 members (excludes halogenated alkanes) is 1. The number of nitrogens with one attached hydrogen (secondary N) is 1. The third-order valence-electron chi connectivity index (χ3n) is 5.83. The molecule has 2 aromatic rings. The van der Waals surface area contributed by atoms with Crippen LogP contribution in [0.3, 0.4) is 0 Å². The molecule has 2 amide bonds. The highest BCUT2D eigenvalue weighted by atomic mass is 16.6. The summed E-state index contributed by atoms with van der Waals surface area (Å²) in [4.78, 5) is 27.7. The normalized spacial score (nSPS) is 13.3.